The Bertz CT molecular complexity index is 267. The Labute approximate surface area is 110 Å². The van der Waals surface area contributed by atoms with Crippen LogP contribution in [0.25, 0.3) is 0 Å². The molecular weight excluding hydrogens is 228 g/mol. The molecule has 0 atom stereocenters. The summed E-state index contributed by atoms with van der Waals surface area (Å²) >= 11 is 2.06. The number of nitrogens with one attached hydrogen (secondary N) is 1. The number of rotatable bonds is 5. The van der Waals surface area contributed by atoms with Crippen molar-refractivity contribution in [1.82, 2.24) is 10.2 Å². The Morgan fingerprint density at radius 2 is 2.12 bits per heavy atom. The summed E-state index contributed by atoms with van der Waals surface area (Å²) in [7, 11) is 0. The number of hydrogen-bond acceptors (Lipinski definition) is 3. The highest BCUT2D eigenvalue weighted by molar-refractivity contribution is 8.00. The molecule has 0 radical (unpaired) electrons. The highest BCUT2D eigenvalue weighted by atomic mass is 32.2. The second-order valence-electron chi connectivity index (χ2n) is 5.38. The molecule has 1 heterocycles. The third kappa shape index (κ3) is 3.40. The van der Waals surface area contributed by atoms with Crippen LogP contribution in [-0.4, -0.2) is 48.1 Å². The van der Waals surface area contributed by atoms with Crippen LogP contribution in [0, 0.1) is 12.3 Å². The lowest BCUT2D eigenvalue weighted by molar-refractivity contribution is 0.209. The molecule has 96 valence electrons. The van der Waals surface area contributed by atoms with Crippen molar-refractivity contribution in [3.05, 3.63) is 0 Å². The van der Waals surface area contributed by atoms with Gasteiger partial charge in [-0.25, -0.2) is 0 Å². The van der Waals surface area contributed by atoms with Crippen LogP contribution in [0.5, 0.6) is 0 Å². The van der Waals surface area contributed by atoms with Crippen molar-refractivity contribution < 1.29 is 0 Å². The molecule has 0 bridgehead atoms. The Morgan fingerprint density at radius 3 is 2.59 bits per heavy atom. The van der Waals surface area contributed by atoms with Gasteiger partial charge in [0.1, 0.15) is 0 Å². The second kappa shape index (κ2) is 6.13. The number of nitrogens with zero attached hydrogens (tertiary/aromatic N) is 1. The summed E-state index contributed by atoms with van der Waals surface area (Å²) in [5.41, 5.74) is 0. The van der Waals surface area contributed by atoms with E-state index in [1.54, 1.807) is 0 Å². The maximum atomic E-state index is 5.34. The molecule has 1 aliphatic carbocycles. The van der Waals surface area contributed by atoms with Crippen molar-refractivity contribution in [3.8, 4) is 12.3 Å². The van der Waals surface area contributed by atoms with Gasteiger partial charge in [0.05, 0.1) is 6.54 Å². The lowest BCUT2D eigenvalue weighted by Crippen LogP contribution is -2.49. The predicted octanol–water partition coefficient (Wildman–Crippen LogP) is 1.96. The van der Waals surface area contributed by atoms with Crippen molar-refractivity contribution in [1.29, 1.82) is 0 Å². The van der Waals surface area contributed by atoms with Crippen LogP contribution in [0.15, 0.2) is 0 Å². The monoisotopic (exact) mass is 252 g/mol. The molecular formula is C14H24N2S. The van der Waals surface area contributed by atoms with Gasteiger partial charge in [0.15, 0.2) is 0 Å². The van der Waals surface area contributed by atoms with Gasteiger partial charge in [-0.15, -0.1) is 6.42 Å². The summed E-state index contributed by atoms with van der Waals surface area (Å²) < 4.78 is 0.565. The highest BCUT2D eigenvalue weighted by Gasteiger charge is 2.36. The Morgan fingerprint density at radius 1 is 1.41 bits per heavy atom. The summed E-state index contributed by atoms with van der Waals surface area (Å²) in [6, 6.07) is 0.716. The molecule has 3 heteroatoms. The zero-order chi connectivity index (χ0) is 12.1. The van der Waals surface area contributed by atoms with Gasteiger partial charge in [-0.1, -0.05) is 12.3 Å². The van der Waals surface area contributed by atoms with E-state index in [2.05, 4.69) is 34.2 Å². The van der Waals surface area contributed by atoms with Crippen molar-refractivity contribution >= 4 is 11.8 Å². The molecule has 2 aliphatic rings. The van der Waals surface area contributed by atoms with Gasteiger partial charge in [0.25, 0.3) is 0 Å². The Hall–Kier alpha value is -0.170. The molecule has 2 fully saturated rings. The van der Waals surface area contributed by atoms with Gasteiger partial charge >= 0.3 is 0 Å². The van der Waals surface area contributed by atoms with Crippen LogP contribution in [0.1, 0.15) is 32.1 Å². The lowest BCUT2D eigenvalue weighted by Gasteiger charge is -2.42. The average molecular weight is 252 g/mol. The normalized spacial score (nSPS) is 25.2. The van der Waals surface area contributed by atoms with Crippen LogP contribution < -0.4 is 5.32 Å². The van der Waals surface area contributed by atoms with Crippen molar-refractivity contribution in [2.24, 2.45) is 0 Å². The van der Waals surface area contributed by atoms with Gasteiger partial charge < -0.3 is 5.32 Å². The fraction of sp³-hybridized carbons (Fsp3) is 0.857. The molecule has 0 spiro atoms. The topological polar surface area (TPSA) is 15.3 Å². The predicted molar refractivity (Wildman–Crippen MR) is 76.4 cm³/mol. The molecule has 0 amide bonds. The molecule has 0 aromatic carbocycles. The van der Waals surface area contributed by atoms with Gasteiger partial charge in [0.2, 0.25) is 0 Å². The van der Waals surface area contributed by atoms with Crippen molar-refractivity contribution in [2.45, 2.75) is 42.9 Å². The maximum absolute atomic E-state index is 5.34. The quantitative estimate of drug-likeness (QED) is 0.753. The fourth-order valence-corrected chi connectivity index (χ4v) is 3.70. The molecule has 1 saturated heterocycles. The first kappa shape index (κ1) is 13.3. The van der Waals surface area contributed by atoms with Gasteiger partial charge in [0, 0.05) is 30.4 Å². The maximum Gasteiger partial charge on any atom is 0.0598 e. The average Bonchev–Trinajstić information content (AvgIpc) is 2.31. The van der Waals surface area contributed by atoms with E-state index in [1.807, 2.05) is 0 Å². The number of thioether (sulfide) groups is 1. The molecule has 0 aromatic heterocycles. The van der Waals surface area contributed by atoms with E-state index in [0.717, 1.165) is 19.6 Å². The number of hydrogen-bond donors (Lipinski definition) is 1. The second-order valence-corrected chi connectivity index (χ2v) is 6.65. The largest absolute Gasteiger partial charge is 0.313 e. The molecule has 1 saturated carbocycles. The number of likely N-dealkylation sites (tertiary alicyclic amines) is 1. The van der Waals surface area contributed by atoms with E-state index < -0.39 is 0 Å². The third-order valence-electron chi connectivity index (χ3n) is 4.31. The van der Waals surface area contributed by atoms with E-state index in [4.69, 9.17) is 6.42 Å². The van der Waals surface area contributed by atoms with Gasteiger partial charge in [-0.2, -0.15) is 11.8 Å². The van der Waals surface area contributed by atoms with E-state index >= 15 is 0 Å². The van der Waals surface area contributed by atoms with Crippen LogP contribution in [-0.2, 0) is 0 Å². The van der Waals surface area contributed by atoms with Crippen molar-refractivity contribution in [3.63, 3.8) is 0 Å². The van der Waals surface area contributed by atoms with Crippen molar-refractivity contribution in [2.75, 3.05) is 32.4 Å². The number of piperidine rings is 1. The van der Waals surface area contributed by atoms with Crippen LogP contribution in [0.2, 0.25) is 0 Å². The van der Waals surface area contributed by atoms with E-state index in [1.165, 1.54) is 38.6 Å². The smallest absolute Gasteiger partial charge is 0.0598 e. The first-order valence-electron chi connectivity index (χ1n) is 6.72. The Kier molecular flexibility index (Phi) is 4.78. The minimum atomic E-state index is 0.565. The summed E-state index contributed by atoms with van der Waals surface area (Å²) in [4.78, 5) is 2.38. The molecule has 0 unspecified atom stereocenters. The molecule has 1 N–H and O–H groups in total. The molecule has 2 nitrogen and oxygen atoms in total. The fourth-order valence-electron chi connectivity index (χ4n) is 2.78. The van der Waals surface area contributed by atoms with Gasteiger partial charge in [-0.3, -0.25) is 4.90 Å². The zero-order valence-corrected chi connectivity index (χ0v) is 11.7. The molecule has 17 heavy (non-hydrogen) atoms. The number of terminal acetylenes is 1. The van der Waals surface area contributed by atoms with Crippen LogP contribution >= 0.6 is 11.8 Å². The minimum Gasteiger partial charge on any atom is -0.313 e. The van der Waals surface area contributed by atoms with E-state index in [-0.39, 0.29) is 0 Å². The highest BCUT2D eigenvalue weighted by Crippen LogP contribution is 2.42. The van der Waals surface area contributed by atoms with E-state index in [0.29, 0.717) is 10.8 Å². The van der Waals surface area contributed by atoms with Crippen LogP contribution in [0.4, 0.5) is 0 Å². The Balaban J connectivity index is 1.66. The molecule has 0 aromatic rings. The summed E-state index contributed by atoms with van der Waals surface area (Å²) in [6.07, 6.45) is 14.3. The summed E-state index contributed by atoms with van der Waals surface area (Å²) in [5, 5.41) is 3.78. The lowest BCUT2D eigenvalue weighted by atomic mass is 9.84. The molecule has 2 rings (SSSR count). The first-order valence-corrected chi connectivity index (χ1v) is 7.95. The summed E-state index contributed by atoms with van der Waals surface area (Å²) in [5.74, 6) is 2.74. The standard InChI is InChI=1S/C14H24N2S/c1-3-9-16-10-5-13(6-11-16)15-12-14(17-2)7-4-8-14/h1,13,15H,4-12H2,2H3. The SMILES string of the molecule is C#CCN1CCC(NCC2(SC)CCC2)CC1. The third-order valence-corrected chi connectivity index (χ3v) is 5.73. The van der Waals surface area contributed by atoms with Crippen LogP contribution in [0.3, 0.4) is 0 Å². The minimum absolute atomic E-state index is 0.565. The first-order chi connectivity index (χ1) is 8.28. The van der Waals surface area contributed by atoms with E-state index in [9.17, 15) is 0 Å². The van der Waals surface area contributed by atoms with Gasteiger partial charge in [-0.05, 0) is 31.9 Å². The zero-order valence-electron chi connectivity index (χ0n) is 10.9. The summed E-state index contributed by atoms with van der Waals surface area (Å²) in [6.45, 7) is 4.34. The molecule has 1 aliphatic heterocycles.